The van der Waals surface area contributed by atoms with Crippen LogP contribution in [0.3, 0.4) is 0 Å². The second-order valence-electron chi connectivity index (χ2n) is 3.02. The first-order valence-corrected chi connectivity index (χ1v) is 3.90. The number of carboxylic acid groups (broad SMARTS) is 1. The van der Waals surface area contributed by atoms with Crippen molar-refractivity contribution in [3.63, 3.8) is 0 Å². The Morgan fingerprint density at radius 1 is 1.31 bits per heavy atom. The molecule has 0 radical (unpaired) electrons. The molecule has 1 aliphatic heterocycles. The fourth-order valence-electron chi connectivity index (χ4n) is 1.22. The fourth-order valence-corrected chi connectivity index (χ4v) is 1.22. The van der Waals surface area contributed by atoms with Crippen molar-refractivity contribution in [3.8, 4) is 0 Å². The van der Waals surface area contributed by atoms with Crippen LogP contribution in [0.2, 0.25) is 0 Å². The molecule has 0 saturated carbocycles. The predicted molar refractivity (Wildman–Crippen MR) is 40.0 cm³/mol. The maximum Gasteiger partial charge on any atom is 0.306 e. The molecule has 1 fully saturated rings. The van der Waals surface area contributed by atoms with Gasteiger partial charge in [0.05, 0.1) is 19.1 Å². The van der Waals surface area contributed by atoms with Crippen LogP contribution in [-0.4, -0.2) is 57.4 Å². The fraction of sp³-hybridized carbons (Fsp3) is 0.857. The summed E-state index contributed by atoms with van der Waals surface area (Å²) in [5.41, 5.74) is 0. The van der Waals surface area contributed by atoms with E-state index >= 15 is 0 Å². The second-order valence-corrected chi connectivity index (χ2v) is 3.02. The summed E-state index contributed by atoms with van der Waals surface area (Å²) in [6.07, 6.45) is -5.17. The van der Waals surface area contributed by atoms with Gasteiger partial charge in [-0.05, 0) is 0 Å². The molecule has 1 heterocycles. The lowest BCUT2D eigenvalue weighted by Crippen LogP contribution is -2.53. The highest BCUT2D eigenvalue weighted by molar-refractivity contribution is 5.67. The van der Waals surface area contributed by atoms with Crippen molar-refractivity contribution in [2.24, 2.45) is 0 Å². The minimum atomic E-state index is -1.35. The Hall–Kier alpha value is -0.690. The maximum atomic E-state index is 10.3. The molecule has 6 heteroatoms. The van der Waals surface area contributed by atoms with Gasteiger partial charge in [0.25, 0.3) is 0 Å². The van der Waals surface area contributed by atoms with E-state index in [2.05, 4.69) is 0 Å². The molecule has 4 N–H and O–H groups in total. The second kappa shape index (κ2) is 4.01. The van der Waals surface area contributed by atoms with Crippen molar-refractivity contribution < 1.29 is 30.0 Å². The molecule has 0 amide bonds. The Morgan fingerprint density at radius 3 is 2.46 bits per heavy atom. The van der Waals surface area contributed by atoms with Gasteiger partial charge in [0.2, 0.25) is 0 Å². The van der Waals surface area contributed by atoms with E-state index in [1.807, 2.05) is 0 Å². The molecule has 1 rings (SSSR count). The SMILES string of the molecule is O=C(O)CC1OCC(O)C(O)C1O. The van der Waals surface area contributed by atoms with Crippen LogP contribution in [0.25, 0.3) is 0 Å². The third kappa shape index (κ3) is 2.38. The van der Waals surface area contributed by atoms with Gasteiger partial charge in [-0.2, -0.15) is 0 Å². The topological polar surface area (TPSA) is 107 Å². The van der Waals surface area contributed by atoms with Crippen molar-refractivity contribution >= 4 is 5.97 Å². The van der Waals surface area contributed by atoms with Gasteiger partial charge in [-0.3, -0.25) is 4.79 Å². The van der Waals surface area contributed by atoms with E-state index in [0.717, 1.165) is 0 Å². The summed E-state index contributed by atoms with van der Waals surface area (Å²) in [5.74, 6) is -1.12. The Labute approximate surface area is 74.4 Å². The van der Waals surface area contributed by atoms with Crippen LogP contribution < -0.4 is 0 Å². The third-order valence-electron chi connectivity index (χ3n) is 1.98. The lowest BCUT2D eigenvalue weighted by atomic mass is 9.98. The molecule has 0 aromatic carbocycles. The summed E-state index contributed by atoms with van der Waals surface area (Å²) in [7, 11) is 0. The number of hydrogen-bond acceptors (Lipinski definition) is 5. The summed E-state index contributed by atoms with van der Waals surface area (Å²) < 4.78 is 4.84. The normalized spacial score (nSPS) is 40.2. The maximum absolute atomic E-state index is 10.3. The lowest BCUT2D eigenvalue weighted by Gasteiger charge is -2.34. The van der Waals surface area contributed by atoms with Crippen LogP contribution in [-0.2, 0) is 9.53 Å². The molecule has 0 aromatic heterocycles. The number of aliphatic hydroxyl groups excluding tert-OH is 3. The van der Waals surface area contributed by atoms with E-state index in [1.165, 1.54) is 0 Å². The molecule has 76 valence electrons. The zero-order valence-corrected chi connectivity index (χ0v) is 6.83. The third-order valence-corrected chi connectivity index (χ3v) is 1.98. The zero-order chi connectivity index (χ0) is 10.0. The van der Waals surface area contributed by atoms with Crippen molar-refractivity contribution in [3.05, 3.63) is 0 Å². The van der Waals surface area contributed by atoms with Crippen LogP contribution in [0.5, 0.6) is 0 Å². The quantitative estimate of drug-likeness (QED) is 0.401. The van der Waals surface area contributed by atoms with E-state index in [4.69, 9.17) is 20.1 Å². The molecular weight excluding hydrogens is 180 g/mol. The van der Waals surface area contributed by atoms with Gasteiger partial charge in [-0.1, -0.05) is 0 Å². The van der Waals surface area contributed by atoms with Crippen LogP contribution in [0, 0.1) is 0 Å². The highest BCUT2D eigenvalue weighted by atomic mass is 16.5. The Kier molecular flexibility index (Phi) is 3.21. The van der Waals surface area contributed by atoms with Crippen molar-refractivity contribution in [2.45, 2.75) is 30.8 Å². The molecular formula is C7H12O6. The lowest BCUT2D eigenvalue weighted by molar-refractivity contribution is -0.192. The van der Waals surface area contributed by atoms with Crippen LogP contribution in [0.1, 0.15) is 6.42 Å². The average Bonchev–Trinajstić information content (AvgIpc) is 2.06. The van der Waals surface area contributed by atoms with Crippen molar-refractivity contribution in [2.75, 3.05) is 6.61 Å². The van der Waals surface area contributed by atoms with Crippen molar-refractivity contribution in [1.29, 1.82) is 0 Å². The van der Waals surface area contributed by atoms with E-state index in [-0.39, 0.29) is 13.0 Å². The van der Waals surface area contributed by atoms with Crippen LogP contribution in [0.4, 0.5) is 0 Å². The molecule has 0 spiro atoms. The average molecular weight is 192 g/mol. The molecule has 0 aromatic rings. The highest BCUT2D eigenvalue weighted by Crippen LogP contribution is 2.17. The summed E-state index contributed by atoms with van der Waals surface area (Å²) in [6, 6.07) is 0. The monoisotopic (exact) mass is 192 g/mol. The van der Waals surface area contributed by atoms with Gasteiger partial charge < -0.3 is 25.2 Å². The Morgan fingerprint density at radius 2 is 1.92 bits per heavy atom. The van der Waals surface area contributed by atoms with E-state index in [9.17, 15) is 9.90 Å². The van der Waals surface area contributed by atoms with Crippen molar-refractivity contribution in [1.82, 2.24) is 0 Å². The van der Waals surface area contributed by atoms with Gasteiger partial charge in [-0.15, -0.1) is 0 Å². The van der Waals surface area contributed by atoms with Gasteiger partial charge in [-0.25, -0.2) is 0 Å². The van der Waals surface area contributed by atoms with E-state index < -0.39 is 30.4 Å². The molecule has 13 heavy (non-hydrogen) atoms. The molecule has 4 atom stereocenters. The van der Waals surface area contributed by atoms with E-state index in [0.29, 0.717) is 0 Å². The van der Waals surface area contributed by atoms with Gasteiger partial charge in [0.1, 0.15) is 18.3 Å². The Balaban J connectivity index is 2.53. The first kappa shape index (κ1) is 10.4. The number of carboxylic acids is 1. The van der Waals surface area contributed by atoms with Gasteiger partial charge in [0.15, 0.2) is 0 Å². The van der Waals surface area contributed by atoms with Gasteiger partial charge in [0, 0.05) is 0 Å². The largest absolute Gasteiger partial charge is 0.481 e. The number of rotatable bonds is 2. The number of carbonyl (C=O) groups is 1. The predicted octanol–water partition coefficient (Wildman–Crippen LogP) is -2.06. The summed E-state index contributed by atoms with van der Waals surface area (Å²) in [5, 5.41) is 35.8. The summed E-state index contributed by atoms with van der Waals surface area (Å²) >= 11 is 0. The summed E-state index contributed by atoms with van der Waals surface area (Å²) in [6.45, 7) is -0.157. The zero-order valence-electron chi connectivity index (χ0n) is 6.83. The van der Waals surface area contributed by atoms with Crippen LogP contribution in [0.15, 0.2) is 0 Å². The summed E-state index contributed by atoms with van der Waals surface area (Å²) in [4.78, 5) is 10.3. The first-order chi connectivity index (χ1) is 6.02. The van der Waals surface area contributed by atoms with Crippen LogP contribution >= 0.6 is 0 Å². The molecule has 6 nitrogen and oxygen atoms in total. The number of hydrogen-bond donors (Lipinski definition) is 4. The Bertz CT molecular complexity index is 193. The first-order valence-electron chi connectivity index (χ1n) is 3.90. The number of aliphatic carboxylic acids is 1. The minimum Gasteiger partial charge on any atom is -0.481 e. The molecule has 1 saturated heterocycles. The molecule has 4 unspecified atom stereocenters. The molecule has 0 aliphatic carbocycles. The van der Waals surface area contributed by atoms with E-state index in [1.54, 1.807) is 0 Å². The number of aliphatic hydroxyl groups is 3. The standard InChI is InChI=1S/C7H12O6/c8-3-2-13-4(1-5(9)10)7(12)6(3)11/h3-4,6-8,11-12H,1-2H2,(H,9,10). The molecule has 1 aliphatic rings. The highest BCUT2D eigenvalue weighted by Gasteiger charge is 2.38. The molecule has 0 bridgehead atoms. The minimum absolute atomic E-state index is 0.157. The smallest absolute Gasteiger partial charge is 0.306 e. The number of ether oxygens (including phenoxy) is 1. The van der Waals surface area contributed by atoms with Gasteiger partial charge >= 0.3 is 5.97 Å².